The standard InChI is InChI=1S/C15H16BrFN2/c16-11-7-4-8-12(17)15(11)14-9-13(18-19-14)10-5-2-1-3-6-10/h4,7-10H,1-3,5-6H2,(H,18,19). The first-order valence-corrected chi connectivity index (χ1v) is 7.54. The van der Waals surface area contributed by atoms with E-state index in [-0.39, 0.29) is 5.82 Å². The lowest BCUT2D eigenvalue weighted by molar-refractivity contribution is 0.436. The molecule has 0 unspecified atom stereocenters. The lowest BCUT2D eigenvalue weighted by atomic mass is 9.87. The third kappa shape index (κ3) is 2.59. The molecule has 0 spiro atoms. The second-order valence-corrected chi connectivity index (χ2v) is 5.99. The Labute approximate surface area is 120 Å². The molecule has 1 aliphatic rings. The maximum absolute atomic E-state index is 13.9. The molecule has 1 aliphatic carbocycles. The highest BCUT2D eigenvalue weighted by Gasteiger charge is 2.19. The zero-order valence-electron chi connectivity index (χ0n) is 10.6. The predicted octanol–water partition coefficient (Wildman–Crippen LogP) is 5.03. The van der Waals surface area contributed by atoms with E-state index >= 15 is 0 Å². The molecule has 1 N–H and O–H groups in total. The molecule has 1 fully saturated rings. The van der Waals surface area contributed by atoms with Crippen molar-refractivity contribution in [3.05, 3.63) is 40.2 Å². The summed E-state index contributed by atoms with van der Waals surface area (Å²) >= 11 is 3.40. The number of H-pyrrole nitrogens is 1. The van der Waals surface area contributed by atoms with Gasteiger partial charge in [-0.2, -0.15) is 5.10 Å². The molecule has 0 bridgehead atoms. The van der Waals surface area contributed by atoms with Crippen LogP contribution in [-0.4, -0.2) is 10.2 Å². The summed E-state index contributed by atoms with van der Waals surface area (Å²) in [7, 11) is 0. The molecule has 1 saturated carbocycles. The molecule has 2 aromatic rings. The Kier molecular flexibility index (Phi) is 3.69. The van der Waals surface area contributed by atoms with E-state index in [2.05, 4.69) is 26.1 Å². The van der Waals surface area contributed by atoms with E-state index in [1.54, 1.807) is 6.07 Å². The van der Waals surface area contributed by atoms with Crippen LogP contribution >= 0.6 is 15.9 Å². The van der Waals surface area contributed by atoms with Gasteiger partial charge >= 0.3 is 0 Å². The number of hydrogen-bond donors (Lipinski definition) is 1. The van der Waals surface area contributed by atoms with E-state index < -0.39 is 0 Å². The van der Waals surface area contributed by atoms with Crippen molar-refractivity contribution in [2.24, 2.45) is 0 Å². The van der Waals surface area contributed by atoms with Crippen molar-refractivity contribution in [3.8, 4) is 11.3 Å². The Morgan fingerprint density at radius 3 is 2.74 bits per heavy atom. The van der Waals surface area contributed by atoms with Crippen LogP contribution in [0.2, 0.25) is 0 Å². The van der Waals surface area contributed by atoms with Crippen molar-refractivity contribution in [1.29, 1.82) is 0 Å². The molecule has 0 aliphatic heterocycles. The molecule has 3 rings (SSSR count). The quantitative estimate of drug-likeness (QED) is 0.825. The van der Waals surface area contributed by atoms with Gasteiger partial charge in [-0.1, -0.05) is 25.3 Å². The lowest BCUT2D eigenvalue weighted by Gasteiger charge is -2.19. The van der Waals surface area contributed by atoms with Gasteiger partial charge in [0, 0.05) is 16.1 Å². The molecule has 19 heavy (non-hydrogen) atoms. The molecule has 4 heteroatoms. The number of benzene rings is 1. The van der Waals surface area contributed by atoms with Gasteiger partial charge in [-0.05, 0) is 47.0 Å². The zero-order chi connectivity index (χ0) is 13.2. The van der Waals surface area contributed by atoms with Gasteiger partial charge in [0.25, 0.3) is 0 Å². The maximum atomic E-state index is 13.9. The first-order chi connectivity index (χ1) is 9.25. The highest BCUT2D eigenvalue weighted by atomic mass is 79.9. The van der Waals surface area contributed by atoms with Crippen LogP contribution in [0.25, 0.3) is 11.3 Å². The van der Waals surface area contributed by atoms with Gasteiger partial charge < -0.3 is 0 Å². The van der Waals surface area contributed by atoms with Crippen molar-refractivity contribution in [2.75, 3.05) is 0 Å². The topological polar surface area (TPSA) is 28.7 Å². The summed E-state index contributed by atoms with van der Waals surface area (Å²) in [5.74, 6) is 0.316. The van der Waals surface area contributed by atoms with Gasteiger partial charge in [-0.3, -0.25) is 5.10 Å². The van der Waals surface area contributed by atoms with Gasteiger partial charge in [0.05, 0.1) is 11.3 Å². The summed E-state index contributed by atoms with van der Waals surface area (Å²) in [6, 6.07) is 7.00. The number of nitrogens with one attached hydrogen (secondary N) is 1. The van der Waals surface area contributed by atoms with E-state index in [4.69, 9.17) is 0 Å². The third-order valence-electron chi connectivity index (χ3n) is 3.86. The number of nitrogens with zero attached hydrogens (tertiary/aromatic N) is 1. The largest absolute Gasteiger partial charge is 0.282 e. The molecule has 2 nitrogen and oxygen atoms in total. The van der Waals surface area contributed by atoms with Crippen LogP contribution in [0.4, 0.5) is 4.39 Å². The Morgan fingerprint density at radius 2 is 2.00 bits per heavy atom. The van der Waals surface area contributed by atoms with Crippen LogP contribution in [0.5, 0.6) is 0 Å². The Morgan fingerprint density at radius 1 is 1.21 bits per heavy atom. The molecular weight excluding hydrogens is 307 g/mol. The van der Waals surface area contributed by atoms with E-state index in [9.17, 15) is 4.39 Å². The van der Waals surface area contributed by atoms with Crippen molar-refractivity contribution >= 4 is 15.9 Å². The van der Waals surface area contributed by atoms with Crippen LogP contribution in [-0.2, 0) is 0 Å². The summed E-state index contributed by atoms with van der Waals surface area (Å²) in [6.45, 7) is 0. The highest BCUT2D eigenvalue weighted by molar-refractivity contribution is 9.10. The molecule has 0 amide bonds. The van der Waals surface area contributed by atoms with Crippen molar-refractivity contribution in [1.82, 2.24) is 10.2 Å². The third-order valence-corrected chi connectivity index (χ3v) is 4.52. The van der Waals surface area contributed by atoms with Gasteiger partial charge in [-0.15, -0.1) is 0 Å². The second kappa shape index (κ2) is 5.45. The average Bonchev–Trinajstić information content (AvgIpc) is 2.89. The fraction of sp³-hybridized carbons (Fsp3) is 0.400. The summed E-state index contributed by atoms with van der Waals surface area (Å²) in [4.78, 5) is 0. The van der Waals surface area contributed by atoms with E-state index in [1.165, 1.54) is 38.2 Å². The number of aromatic amines is 1. The minimum Gasteiger partial charge on any atom is -0.282 e. The monoisotopic (exact) mass is 322 g/mol. The number of aromatic nitrogens is 2. The SMILES string of the molecule is Fc1cccc(Br)c1-c1cc(C2CCCCC2)[nH]n1. The molecule has 1 aromatic carbocycles. The van der Waals surface area contributed by atoms with Crippen LogP contribution < -0.4 is 0 Å². The van der Waals surface area contributed by atoms with Crippen molar-refractivity contribution < 1.29 is 4.39 Å². The van der Waals surface area contributed by atoms with E-state index in [1.807, 2.05) is 12.1 Å². The Balaban J connectivity index is 1.92. The van der Waals surface area contributed by atoms with E-state index in [0.29, 0.717) is 17.2 Å². The first kappa shape index (κ1) is 12.9. The van der Waals surface area contributed by atoms with Crippen LogP contribution in [0.3, 0.4) is 0 Å². The predicted molar refractivity (Wildman–Crippen MR) is 77.5 cm³/mol. The summed E-state index contributed by atoms with van der Waals surface area (Å²) in [5.41, 5.74) is 2.37. The molecule has 0 saturated heterocycles. The number of halogens is 2. The summed E-state index contributed by atoms with van der Waals surface area (Å²) in [6.07, 6.45) is 6.31. The van der Waals surface area contributed by atoms with Gasteiger partial charge in [0.15, 0.2) is 0 Å². The Hall–Kier alpha value is -1.16. The Bertz CT molecular complexity index is 553. The number of rotatable bonds is 2. The molecular formula is C15H16BrFN2. The zero-order valence-corrected chi connectivity index (χ0v) is 12.2. The smallest absolute Gasteiger partial charge is 0.133 e. The van der Waals surface area contributed by atoms with Crippen LogP contribution in [0.1, 0.15) is 43.7 Å². The minimum atomic E-state index is -0.240. The minimum absolute atomic E-state index is 0.240. The lowest BCUT2D eigenvalue weighted by Crippen LogP contribution is -2.04. The molecule has 1 aromatic heterocycles. The molecule has 100 valence electrons. The average molecular weight is 323 g/mol. The molecule has 1 heterocycles. The van der Waals surface area contributed by atoms with Gasteiger partial charge in [-0.25, -0.2) is 4.39 Å². The first-order valence-electron chi connectivity index (χ1n) is 6.75. The van der Waals surface area contributed by atoms with E-state index in [0.717, 1.165) is 10.2 Å². The van der Waals surface area contributed by atoms with Crippen molar-refractivity contribution in [2.45, 2.75) is 38.0 Å². The summed E-state index contributed by atoms with van der Waals surface area (Å²) < 4.78 is 14.6. The van der Waals surface area contributed by atoms with Crippen LogP contribution in [0.15, 0.2) is 28.7 Å². The number of hydrogen-bond acceptors (Lipinski definition) is 1. The van der Waals surface area contributed by atoms with Gasteiger partial charge in [0.1, 0.15) is 5.82 Å². The molecule has 0 atom stereocenters. The maximum Gasteiger partial charge on any atom is 0.133 e. The fourth-order valence-corrected chi connectivity index (χ4v) is 3.38. The second-order valence-electron chi connectivity index (χ2n) is 5.14. The van der Waals surface area contributed by atoms with Gasteiger partial charge in [0.2, 0.25) is 0 Å². The van der Waals surface area contributed by atoms with Crippen molar-refractivity contribution in [3.63, 3.8) is 0 Å². The fourth-order valence-electron chi connectivity index (χ4n) is 2.83. The normalized spacial score (nSPS) is 16.7. The molecule has 0 radical (unpaired) electrons. The van der Waals surface area contributed by atoms with Crippen LogP contribution in [0, 0.1) is 5.82 Å². The summed E-state index contributed by atoms with van der Waals surface area (Å²) in [5, 5.41) is 7.38. The highest BCUT2D eigenvalue weighted by Crippen LogP contribution is 2.35.